The predicted molar refractivity (Wildman–Crippen MR) is 101 cm³/mol. The van der Waals surface area contributed by atoms with Gasteiger partial charge in [-0.05, 0) is 36.1 Å². The van der Waals surface area contributed by atoms with Gasteiger partial charge >= 0.3 is 6.09 Å². The molecule has 1 saturated heterocycles. The Morgan fingerprint density at radius 2 is 1.89 bits per heavy atom. The summed E-state index contributed by atoms with van der Waals surface area (Å²) in [6.45, 7) is 0.153. The average Bonchev–Trinajstić information content (AvgIpc) is 3.10. The van der Waals surface area contributed by atoms with Crippen molar-refractivity contribution in [1.29, 1.82) is 0 Å². The minimum absolute atomic E-state index is 0.153. The Kier molecular flexibility index (Phi) is 6.37. The van der Waals surface area contributed by atoms with Gasteiger partial charge in [-0.2, -0.15) is 0 Å². The summed E-state index contributed by atoms with van der Waals surface area (Å²) in [5.74, 6) is -0.637. The van der Waals surface area contributed by atoms with Gasteiger partial charge in [-0.15, -0.1) is 0 Å². The molecule has 0 radical (unpaired) electrons. The van der Waals surface area contributed by atoms with Crippen LogP contribution < -0.4 is 0 Å². The second-order valence-corrected chi connectivity index (χ2v) is 6.35. The Bertz CT molecular complexity index is 852. The topological polar surface area (TPSA) is 68.2 Å². The van der Waals surface area contributed by atoms with Crippen molar-refractivity contribution in [3.8, 4) is 0 Å². The molecule has 1 fully saturated rings. The van der Waals surface area contributed by atoms with Crippen LogP contribution >= 0.6 is 0 Å². The fraction of sp³-hybridized carbons (Fsp3) is 0.286. The fourth-order valence-corrected chi connectivity index (χ4v) is 3.14. The summed E-state index contributed by atoms with van der Waals surface area (Å²) < 4.78 is 18.2. The van der Waals surface area contributed by atoms with Gasteiger partial charge in [0.25, 0.3) is 0 Å². The maximum atomic E-state index is 13.1. The number of carbonyl (C=O) groups excluding carboxylic acids is 2. The number of benzene rings is 2. The van der Waals surface area contributed by atoms with Crippen molar-refractivity contribution >= 4 is 17.7 Å². The molecule has 1 heterocycles. The summed E-state index contributed by atoms with van der Waals surface area (Å²) in [6.07, 6.45) is 0.444. The Hall–Kier alpha value is -3.22. The Morgan fingerprint density at radius 3 is 2.57 bits per heavy atom. The third-order valence-corrected chi connectivity index (χ3v) is 4.51. The molecular formula is C21H21FN2O4. The van der Waals surface area contributed by atoms with E-state index in [9.17, 15) is 14.0 Å². The van der Waals surface area contributed by atoms with Crippen molar-refractivity contribution in [2.45, 2.75) is 25.3 Å². The van der Waals surface area contributed by atoms with Crippen LogP contribution in [0.1, 0.15) is 36.4 Å². The third-order valence-electron chi connectivity index (χ3n) is 4.51. The van der Waals surface area contributed by atoms with Gasteiger partial charge in [0.15, 0.2) is 0 Å². The summed E-state index contributed by atoms with van der Waals surface area (Å²) in [5.41, 5.74) is 2.19. The molecule has 0 aromatic heterocycles. The van der Waals surface area contributed by atoms with Crippen molar-refractivity contribution in [2.75, 3.05) is 13.7 Å². The van der Waals surface area contributed by atoms with Crippen LogP contribution in [0.5, 0.6) is 0 Å². The van der Waals surface area contributed by atoms with Crippen molar-refractivity contribution in [1.82, 2.24) is 4.90 Å². The molecule has 1 atom stereocenters. The van der Waals surface area contributed by atoms with Gasteiger partial charge in [-0.3, -0.25) is 4.79 Å². The number of oxime groups is 1. The molecule has 0 saturated carbocycles. The van der Waals surface area contributed by atoms with Crippen molar-refractivity contribution in [3.63, 3.8) is 0 Å². The highest BCUT2D eigenvalue weighted by Gasteiger charge is 2.38. The molecule has 0 aliphatic carbocycles. The smallest absolute Gasteiger partial charge is 0.417 e. The van der Waals surface area contributed by atoms with Gasteiger partial charge in [0.05, 0.1) is 5.71 Å². The number of halogens is 1. The van der Waals surface area contributed by atoms with Crippen LogP contribution in [-0.4, -0.2) is 36.3 Å². The van der Waals surface area contributed by atoms with E-state index in [-0.39, 0.29) is 24.8 Å². The molecule has 28 heavy (non-hydrogen) atoms. The van der Waals surface area contributed by atoms with Crippen molar-refractivity contribution < 1.29 is 23.6 Å². The summed E-state index contributed by atoms with van der Waals surface area (Å²) in [7, 11) is 1.43. The Labute approximate surface area is 162 Å². The zero-order valence-electron chi connectivity index (χ0n) is 15.5. The number of rotatable bonds is 7. The van der Waals surface area contributed by atoms with Gasteiger partial charge in [0.1, 0.15) is 25.6 Å². The molecule has 0 bridgehead atoms. The van der Waals surface area contributed by atoms with E-state index in [4.69, 9.17) is 9.57 Å². The number of hydrogen-bond donors (Lipinski definition) is 0. The molecule has 1 aliphatic rings. The highest BCUT2D eigenvalue weighted by atomic mass is 19.1. The van der Waals surface area contributed by atoms with E-state index in [1.54, 1.807) is 12.1 Å². The lowest BCUT2D eigenvalue weighted by Gasteiger charge is -2.20. The van der Waals surface area contributed by atoms with Crippen LogP contribution in [-0.2, 0) is 14.4 Å². The fourth-order valence-electron chi connectivity index (χ4n) is 3.14. The first-order valence-corrected chi connectivity index (χ1v) is 9.00. The third kappa shape index (κ3) is 4.54. The molecule has 0 unspecified atom stereocenters. The number of carbonyl (C=O) groups is 2. The van der Waals surface area contributed by atoms with Crippen molar-refractivity contribution in [3.05, 3.63) is 71.5 Å². The first-order chi connectivity index (χ1) is 13.6. The predicted octanol–water partition coefficient (Wildman–Crippen LogP) is 4.07. The molecule has 6 nitrogen and oxygen atoms in total. The van der Waals surface area contributed by atoms with Gasteiger partial charge in [0, 0.05) is 6.42 Å². The van der Waals surface area contributed by atoms with Gasteiger partial charge in [-0.25, -0.2) is 14.1 Å². The molecule has 1 aliphatic heterocycles. The lowest BCUT2D eigenvalue weighted by molar-refractivity contribution is -0.129. The van der Waals surface area contributed by atoms with E-state index in [0.29, 0.717) is 18.6 Å². The van der Waals surface area contributed by atoms with E-state index < -0.39 is 12.1 Å². The van der Waals surface area contributed by atoms with Crippen LogP contribution in [0.15, 0.2) is 59.8 Å². The lowest BCUT2D eigenvalue weighted by atomic mass is 10.0. The van der Waals surface area contributed by atoms with Crippen LogP contribution in [0.3, 0.4) is 0 Å². The first kappa shape index (κ1) is 19.5. The number of nitrogens with zero attached hydrogens (tertiary/aromatic N) is 2. The van der Waals surface area contributed by atoms with Crippen LogP contribution in [0.4, 0.5) is 9.18 Å². The maximum absolute atomic E-state index is 13.1. The largest absolute Gasteiger partial charge is 0.446 e. The van der Waals surface area contributed by atoms with E-state index >= 15 is 0 Å². The number of cyclic esters (lactones) is 1. The van der Waals surface area contributed by atoms with E-state index in [1.165, 1.54) is 24.1 Å². The van der Waals surface area contributed by atoms with Gasteiger partial charge in [-0.1, -0.05) is 47.6 Å². The zero-order valence-corrected chi connectivity index (χ0v) is 15.5. The summed E-state index contributed by atoms with van der Waals surface area (Å²) in [4.78, 5) is 30.8. The quantitative estimate of drug-likeness (QED) is 0.533. The minimum Gasteiger partial charge on any atom is -0.446 e. The van der Waals surface area contributed by atoms with Crippen LogP contribution in [0.25, 0.3) is 0 Å². The van der Waals surface area contributed by atoms with Gasteiger partial charge < -0.3 is 9.57 Å². The monoisotopic (exact) mass is 384 g/mol. The average molecular weight is 384 g/mol. The molecule has 7 heteroatoms. The molecule has 0 N–H and O–H groups in total. The molecule has 2 amide bonds. The zero-order chi connectivity index (χ0) is 19.9. The summed E-state index contributed by atoms with van der Waals surface area (Å²) in [5, 5.41) is 3.97. The normalized spacial score (nSPS) is 16.8. The molecule has 0 spiro atoms. The Morgan fingerprint density at radius 1 is 1.18 bits per heavy atom. The second kappa shape index (κ2) is 9.12. The molecule has 3 rings (SSSR count). The number of ether oxygens (including phenoxy) is 1. The SMILES string of the molecule is CO/N=C(/CCCC(=O)N1C(=O)OC[C@@H]1c1ccccc1)c1ccc(F)cc1. The Balaban J connectivity index is 1.63. The summed E-state index contributed by atoms with van der Waals surface area (Å²) in [6, 6.07) is 14.8. The molecule has 2 aromatic rings. The highest BCUT2D eigenvalue weighted by Crippen LogP contribution is 2.28. The number of imide groups is 1. The minimum atomic E-state index is -0.622. The maximum Gasteiger partial charge on any atom is 0.417 e. The van der Waals surface area contributed by atoms with E-state index in [2.05, 4.69) is 5.16 Å². The van der Waals surface area contributed by atoms with Crippen LogP contribution in [0.2, 0.25) is 0 Å². The summed E-state index contributed by atoms with van der Waals surface area (Å²) >= 11 is 0. The lowest BCUT2D eigenvalue weighted by Crippen LogP contribution is -2.34. The van der Waals surface area contributed by atoms with Crippen LogP contribution in [0, 0.1) is 5.82 Å². The van der Waals surface area contributed by atoms with E-state index in [0.717, 1.165) is 11.1 Å². The van der Waals surface area contributed by atoms with E-state index in [1.807, 2.05) is 30.3 Å². The molecular weight excluding hydrogens is 363 g/mol. The standard InChI is InChI=1S/C21H21FN2O4/c1-27-23-18(15-10-12-17(22)13-11-15)8-5-9-20(25)24-19(14-28-21(24)26)16-6-3-2-4-7-16/h2-4,6-7,10-13,19H,5,8-9,14H2,1H3/b23-18-/t19-/m1/s1. The number of amides is 2. The van der Waals surface area contributed by atoms with Crippen molar-refractivity contribution in [2.24, 2.45) is 5.16 Å². The first-order valence-electron chi connectivity index (χ1n) is 9.00. The second-order valence-electron chi connectivity index (χ2n) is 6.35. The molecule has 2 aromatic carbocycles. The van der Waals surface area contributed by atoms with Gasteiger partial charge in [0.2, 0.25) is 5.91 Å². The highest BCUT2D eigenvalue weighted by molar-refractivity contribution is 6.00. The molecule has 146 valence electrons. The number of hydrogen-bond acceptors (Lipinski definition) is 5.